The van der Waals surface area contributed by atoms with Gasteiger partial charge in [-0.15, -0.1) is 0 Å². The lowest BCUT2D eigenvalue weighted by molar-refractivity contribution is -0.126. The molecule has 1 heterocycles. The van der Waals surface area contributed by atoms with Crippen molar-refractivity contribution in [1.29, 1.82) is 0 Å². The summed E-state index contributed by atoms with van der Waals surface area (Å²) in [5, 5.41) is 9.39. The summed E-state index contributed by atoms with van der Waals surface area (Å²) in [6, 6.07) is 6.79. The van der Waals surface area contributed by atoms with Crippen LogP contribution >= 0.6 is 0 Å². The number of aromatic hydroxyl groups is 1. The number of phenols is 1. The predicted octanol–water partition coefficient (Wildman–Crippen LogP) is 1.73. The molecule has 0 aliphatic carbocycles. The number of likely N-dealkylation sites (tertiary alicyclic amines) is 1. The lowest BCUT2D eigenvalue weighted by Crippen LogP contribution is -2.36. The average Bonchev–Trinajstić information content (AvgIpc) is 2.17. The van der Waals surface area contributed by atoms with Gasteiger partial charge in [0.2, 0.25) is 0 Å². The van der Waals surface area contributed by atoms with Gasteiger partial charge in [0.05, 0.1) is 6.04 Å². The zero-order valence-corrected chi connectivity index (χ0v) is 8.81. The first-order valence-electron chi connectivity index (χ1n) is 5.20. The van der Waals surface area contributed by atoms with E-state index < -0.39 is 0 Å². The summed E-state index contributed by atoms with van der Waals surface area (Å²) in [5.74, 6) is 0.466. The van der Waals surface area contributed by atoms with Crippen LogP contribution in [0.4, 0.5) is 0 Å². The van der Waals surface area contributed by atoms with Gasteiger partial charge >= 0.3 is 0 Å². The molecule has 0 bridgehead atoms. The lowest BCUT2D eigenvalue weighted by Gasteiger charge is -2.31. The maximum Gasteiger partial charge on any atom is 0.154 e. The highest BCUT2D eigenvalue weighted by Crippen LogP contribution is 2.28. The standard InChI is InChI=1S/C12H15NO2/c1-13-7-3-6-11(15)12(13)9-4-2-5-10(14)8-9/h2,4-5,8,12,14H,3,6-7H2,1H3. The van der Waals surface area contributed by atoms with Gasteiger partial charge in [-0.3, -0.25) is 9.69 Å². The molecule has 0 saturated carbocycles. The summed E-state index contributed by atoms with van der Waals surface area (Å²) in [6.45, 7) is 0.937. The number of phenolic OH excluding ortho intramolecular Hbond substituents is 1. The minimum atomic E-state index is -0.175. The highest BCUT2D eigenvalue weighted by Gasteiger charge is 2.28. The van der Waals surface area contributed by atoms with Crippen molar-refractivity contribution in [2.45, 2.75) is 18.9 Å². The first-order chi connectivity index (χ1) is 7.18. The second-order valence-electron chi connectivity index (χ2n) is 4.05. The Morgan fingerprint density at radius 1 is 1.47 bits per heavy atom. The fourth-order valence-corrected chi connectivity index (χ4v) is 2.15. The summed E-state index contributed by atoms with van der Waals surface area (Å²) in [6.07, 6.45) is 1.58. The van der Waals surface area contributed by atoms with E-state index in [4.69, 9.17) is 0 Å². The smallest absolute Gasteiger partial charge is 0.154 e. The van der Waals surface area contributed by atoms with Gasteiger partial charge in [-0.1, -0.05) is 12.1 Å². The third kappa shape index (κ3) is 2.02. The topological polar surface area (TPSA) is 40.5 Å². The minimum absolute atomic E-state index is 0.175. The first kappa shape index (κ1) is 10.2. The molecule has 0 spiro atoms. The van der Waals surface area contributed by atoms with Crippen LogP contribution in [0.1, 0.15) is 24.4 Å². The zero-order chi connectivity index (χ0) is 10.8. The van der Waals surface area contributed by atoms with Crippen LogP contribution in [0.3, 0.4) is 0 Å². The number of carbonyl (C=O) groups is 1. The van der Waals surface area contributed by atoms with Crippen molar-refractivity contribution in [1.82, 2.24) is 4.90 Å². The molecule has 1 aliphatic rings. The number of likely N-dealkylation sites (N-methyl/N-ethyl adjacent to an activating group) is 1. The highest BCUT2D eigenvalue weighted by molar-refractivity contribution is 5.86. The van der Waals surface area contributed by atoms with Gasteiger partial charge in [0.1, 0.15) is 5.75 Å². The Labute approximate surface area is 89.3 Å². The molecular formula is C12H15NO2. The van der Waals surface area contributed by atoms with Crippen molar-refractivity contribution in [2.24, 2.45) is 0 Å². The summed E-state index contributed by atoms with van der Waals surface area (Å²) >= 11 is 0. The SMILES string of the molecule is CN1CCCC(=O)C1c1cccc(O)c1. The number of Topliss-reactive ketones (excluding diaryl/α,β-unsaturated/α-hetero) is 1. The number of carbonyl (C=O) groups excluding carboxylic acids is 1. The Bertz CT molecular complexity index is 376. The molecule has 0 aromatic heterocycles. The van der Waals surface area contributed by atoms with Crippen LogP contribution in [0.25, 0.3) is 0 Å². The Morgan fingerprint density at radius 2 is 2.27 bits per heavy atom. The average molecular weight is 205 g/mol. The fourth-order valence-electron chi connectivity index (χ4n) is 2.15. The molecule has 0 radical (unpaired) electrons. The van der Waals surface area contributed by atoms with E-state index in [9.17, 15) is 9.90 Å². The molecule has 15 heavy (non-hydrogen) atoms. The molecule has 2 rings (SSSR count). The number of benzene rings is 1. The molecule has 1 saturated heterocycles. The van der Waals surface area contributed by atoms with Crippen LogP contribution in [-0.2, 0) is 4.79 Å². The Balaban J connectivity index is 2.31. The van der Waals surface area contributed by atoms with E-state index in [2.05, 4.69) is 0 Å². The zero-order valence-electron chi connectivity index (χ0n) is 8.81. The summed E-state index contributed by atoms with van der Waals surface area (Å²) < 4.78 is 0. The van der Waals surface area contributed by atoms with Crippen LogP contribution in [-0.4, -0.2) is 29.4 Å². The van der Waals surface area contributed by atoms with Crippen molar-refractivity contribution in [2.75, 3.05) is 13.6 Å². The third-order valence-corrected chi connectivity index (χ3v) is 2.87. The lowest BCUT2D eigenvalue weighted by atomic mass is 9.94. The second kappa shape index (κ2) is 4.03. The molecule has 1 aromatic rings. The van der Waals surface area contributed by atoms with Crippen LogP contribution in [0, 0.1) is 0 Å². The third-order valence-electron chi connectivity index (χ3n) is 2.87. The molecule has 80 valence electrons. The number of piperidine rings is 1. The first-order valence-corrected chi connectivity index (χ1v) is 5.20. The van der Waals surface area contributed by atoms with Gasteiger partial charge in [0.25, 0.3) is 0 Å². The van der Waals surface area contributed by atoms with Crippen molar-refractivity contribution < 1.29 is 9.90 Å². The molecular weight excluding hydrogens is 190 g/mol. The number of rotatable bonds is 1. The Hall–Kier alpha value is -1.35. The Morgan fingerprint density at radius 3 is 2.93 bits per heavy atom. The van der Waals surface area contributed by atoms with Crippen LogP contribution < -0.4 is 0 Å². The molecule has 1 aliphatic heterocycles. The van der Waals surface area contributed by atoms with Gasteiger partial charge in [-0.05, 0) is 37.7 Å². The number of hydrogen-bond acceptors (Lipinski definition) is 3. The van der Waals surface area contributed by atoms with E-state index in [1.807, 2.05) is 18.0 Å². The quantitative estimate of drug-likeness (QED) is 0.759. The van der Waals surface area contributed by atoms with Crippen LogP contribution in [0.15, 0.2) is 24.3 Å². The van der Waals surface area contributed by atoms with E-state index in [1.54, 1.807) is 18.2 Å². The normalized spacial score (nSPS) is 23.0. The van der Waals surface area contributed by atoms with E-state index in [1.165, 1.54) is 0 Å². The van der Waals surface area contributed by atoms with Crippen molar-refractivity contribution in [3.63, 3.8) is 0 Å². The van der Waals surface area contributed by atoms with Crippen LogP contribution in [0.5, 0.6) is 5.75 Å². The van der Waals surface area contributed by atoms with Gasteiger partial charge in [0, 0.05) is 6.42 Å². The molecule has 1 unspecified atom stereocenters. The molecule has 3 heteroatoms. The van der Waals surface area contributed by atoms with Crippen molar-refractivity contribution in [3.05, 3.63) is 29.8 Å². The summed E-state index contributed by atoms with van der Waals surface area (Å²) in [4.78, 5) is 13.8. The monoisotopic (exact) mass is 205 g/mol. The minimum Gasteiger partial charge on any atom is -0.508 e. The van der Waals surface area contributed by atoms with E-state index in [0.717, 1.165) is 18.5 Å². The van der Waals surface area contributed by atoms with Gasteiger partial charge < -0.3 is 5.11 Å². The maximum atomic E-state index is 11.8. The van der Waals surface area contributed by atoms with E-state index in [0.29, 0.717) is 6.42 Å². The van der Waals surface area contributed by atoms with E-state index >= 15 is 0 Å². The molecule has 1 fully saturated rings. The number of nitrogens with zero attached hydrogens (tertiary/aromatic N) is 1. The van der Waals surface area contributed by atoms with Gasteiger partial charge in [-0.2, -0.15) is 0 Å². The summed E-state index contributed by atoms with van der Waals surface area (Å²) in [5.41, 5.74) is 0.891. The number of ketones is 1. The largest absolute Gasteiger partial charge is 0.508 e. The molecule has 0 amide bonds. The molecule has 1 N–H and O–H groups in total. The van der Waals surface area contributed by atoms with E-state index in [-0.39, 0.29) is 17.6 Å². The molecule has 3 nitrogen and oxygen atoms in total. The summed E-state index contributed by atoms with van der Waals surface area (Å²) in [7, 11) is 1.95. The van der Waals surface area contributed by atoms with Gasteiger partial charge in [0.15, 0.2) is 5.78 Å². The molecule has 1 atom stereocenters. The van der Waals surface area contributed by atoms with Crippen molar-refractivity contribution >= 4 is 5.78 Å². The van der Waals surface area contributed by atoms with Crippen LogP contribution in [0.2, 0.25) is 0 Å². The second-order valence-corrected chi connectivity index (χ2v) is 4.05. The van der Waals surface area contributed by atoms with Gasteiger partial charge in [-0.25, -0.2) is 0 Å². The maximum absolute atomic E-state index is 11.8. The fraction of sp³-hybridized carbons (Fsp3) is 0.417. The molecule has 1 aromatic carbocycles. The Kier molecular flexibility index (Phi) is 2.73. The highest BCUT2D eigenvalue weighted by atomic mass is 16.3. The van der Waals surface area contributed by atoms with Crippen molar-refractivity contribution in [3.8, 4) is 5.75 Å². The predicted molar refractivity (Wildman–Crippen MR) is 57.7 cm³/mol. The number of hydrogen-bond donors (Lipinski definition) is 1.